The number of hydrogen-bond acceptors (Lipinski definition) is 3. The van der Waals surface area contributed by atoms with E-state index in [1.54, 1.807) is 6.07 Å². The van der Waals surface area contributed by atoms with E-state index in [1.165, 1.54) is 38.5 Å². The molecular formula is C16H19FO3. The highest BCUT2D eigenvalue weighted by molar-refractivity contribution is 5.89. The van der Waals surface area contributed by atoms with Crippen molar-refractivity contribution in [3.63, 3.8) is 0 Å². The van der Waals surface area contributed by atoms with Crippen molar-refractivity contribution in [2.75, 3.05) is 7.11 Å². The van der Waals surface area contributed by atoms with Crippen molar-refractivity contribution in [1.29, 1.82) is 0 Å². The molecule has 1 unspecified atom stereocenters. The van der Waals surface area contributed by atoms with Gasteiger partial charge < -0.3 is 9.47 Å². The zero-order valence-corrected chi connectivity index (χ0v) is 11.6. The Balaban J connectivity index is 1.73. The average molecular weight is 278 g/mol. The van der Waals surface area contributed by atoms with Crippen LogP contribution < -0.4 is 4.74 Å². The molecule has 0 saturated heterocycles. The third-order valence-corrected chi connectivity index (χ3v) is 4.44. The number of carbonyl (C=O) groups is 1. The van der Waals surface area contributed by atoms with Crippen LogP contribution in [-0.4, -0.2) is 19.2 Å². The number of carbonyl (C=O) groups excluding carboxylic acids is 1. The highest BCUT2D eigenvalue weighted by Gasteiger charge is 2.35. The summed E-state index contributed by atoms with van der Waals surface area (Å²) in [6.07, 6.45) is 6.13. The molecule has 0 spiro atoms. The van der Waals surface area contributed by atoms with Crippen molar-refractivity contribution in [2.45, 2.75) is 38.2 Å². The van der Waals surface area contributed by atoms with Crippen LogP contribution in [0, 0.1) is 17.7 Å². The molecule has 2 aliphatic carbocycles. The SMILES string of the molecule is COC(=O)c1cc(F)cc(OC2C[C@H]3CC[C@@H](C2)C3)c1. The first-order chi connectivity index (χ1) is 9.64. The molecule has 1 aromatic carbocycles. The molecule has 3 nitrogen and oxygen atoms in total. The summed E-state index contributed by atoms with van der Waals surface area (Å²) in [7, 11) is 1.28. The lowest BCUT2D eigenvalue weighted by atomic mass is 9.87. The van der Waals surface area contributed by atoms with Crippen molar-refractivity contribution in [3.05, 3.63) is 29.6 Å². The Morgan fingerprint density at radius 1 is 1.15 bits per heavy atom. The van der Waals surface area contributed by atoms with Crippen LogP contribution in [0.25, 0.3) is 0 Å². The second-order valence-electron chi connectivity index (χ2n) is 5.92. The van der Waals surface area contributed by atoms with Crippen molar-refractivity contribution < 1.29 is 18.7 Å². The van der Waals surface area contributed by atoms with Crippen LogP contribution in [0.15, 0.2) is 18.2 Å². The zero-order valence-electron chi connectivity index (χ0n) is 11.6. The minimum Gasteiger partial charge on any atom is -0.490 e. The summed E-state index contributed by atoms with van der Waals surface area (Å²) >= 11 is 0. The number of fused-ring (bicyclic) bond motifs is 2. The maximum Gasteiger partial charge on any atom is 0.338 e. The number of halogens is 1. The summed E-state index contributed by atoms with van der Waals surface area (Å²) in [5.41, 5.74) is 0.196. The van der Waals surface area contributed by atoms with Gasteiger partial charge in [-0.05, 0) is 43.2 Å². The second kappa shape index (κ2) is 5.43. The first kappa shape index (κ1) is 13.4. The Morgan fingerprint density at radius 2 is 1.85 bits per heavy atom. The van der Waals surface area contributed by atoms with E-state index in [4.69, 9.17) is 4.74 Å². The normalized spacial score (nSPS) is 28.2. The van der Waals surface area contributed by atoms with Gasteiger partial charge >= 0.3 is 5.97 Å². The summed E-state index contributed by atoms with van der Waals surface area (Å²) in [6, 6.07) is 4.07. The zero-order chi connectivity index (χ0) is 14.1. The van der Waals surface area contributed by atoms with Crippen LogP contribution in [-0.2, 0) is 4.74 Å². The lowest BCUT2D eigenvalue weighted by Crippen LogP contribution is -2.26. The molecular weight excluding hydrogens is 259 g/mol. The third-order valence-electron chi connectivity index (χ3n) is 4.44. The summed E-state index contributed by atoms with van der Waals surface area (Å²) < 4.78 is 24.1. The number of methoxy groups -OCH3 is 1. The summed E-state index contributed by atoms with van der Waals surface area (Å²) in [4.78, 5) is 11.5. The first-order valence-corrected chi connectivity index (χ1v) is 7.19. The maximum atomic E-state index is 13.6. The van der Waals surface area contributed by atoms with Crippen molar-refractivity contribution in [2.24, 2.45) is 11.8 Å². The molecule has 20 heavy (non-hydrogen) atoms. The molecule has 4 heteroatoms. The summed E-state index contributed by atoms with van der Waals surface area (Å²) in [6.45, 7) is 0. The fourth-order valence-corrected chi connectivity index (χ4v) is 3.60. The van der Waals surface area contributed by atoms with Crippen LogP contribution in [0.2, 0.25) is 0 Å². The molecule has 0 heterocycles. The van der Waals surface area contributed by atoms with Crippen molar-refractivity contribution in [3.8, 4) is 5.75 Å². The molecule has 1 aromatic rings. The Kier molecular flexibility index (Phi) is 3.64. The van der Waals surface area contributed by atoms with E-state index in [-0.39, 0.29) is 11.7 Å². The molecule has 3 rings (SSSR count). The predicted molar refractivity (Wildman–Crippen MR) is 72.2 cm³/mol. The Hall–Kier alpha value is -1.58. The molecule has 0 N–H and O–H groups in total. The van der Waals surface area contributed by atoms with Gasteiger partial charge in [0.15, 0.2) is 0 Å². The molecule has 2 aliphatic rings. The topological polar surface area (TPSA) is 35.5 Å². The van der Waals surface area contributed by atoms with Gasteiger partial charge in [0.05, 0.1) is 18.8 Å². The van der Waals surface area contributed by atoms with E-state index >= 15 is 0 Å². The molecule has 2 bridgehead atoms. The minimum absolute atomic E-state index is 0.147. The van der Waals surface area contributed by atoms with Gasteiger partial charge in [-0.1, -0.05) is 12.8 Å². The molecule has 2 saturated carbocycles. The van der Waals surface area contributed by atoms with Gasteiger partial charge in [0.25, 0.3) is 0 Å². The van der Waals surface area contributed by atoms with Crippen LogP contribution in [0.5, 0.6) is 5.75 Å². The quantitative estimate of drug-likeness (QED) is 0.793. The highest BCUT2D eigenvalue weighted by Crippen LogP contribution is 2.43. The molecule has 3 atom stereocenters. The average Bonchev–Trinajstić information content (AvgIpc) is 2.76. The van der Waals surface area contributed by atoms with Gasteiger partial charge in [0.2, 0.25) is 0 Å². The van der Waals surface area contributed by atoms with E-state index in [0.717, 1.165) is 24.7 Å². The maximum absolute atomic E-state index is 13.6. The number of benzene rings is 1. The third kappa shape index (κ3) is 2.79. The molecule has 2 fully saturated rings. The molecule has 0 radical (unpaired) electrons. The number of esters is 1. The molecule has 0 aromatic heterocycles. The van der Waals surface area contributed by atoms with E-state index in [1.807, 2.05) is 0 Å². The van der Waals surface area contributed by atoms with Gasteiger partial charge in [-0.15, -0.1) is 0 Å². The Bertz CT molecular complexity index is 502. The smallest absolute Gasteiger partial charge is 0.338 e. The largest absolute Gasteiger partial charge is 0.490 e. The Morgan fingerprint density at radius 3 is 2.50 bits per heavy atom. The fraction of sp³-hybridized carbons (Fsp3) is 0.562. The minimum atomic E-state index is -0.543. The lowest BCUT2D eigenvalue weighted by molar-refractivity contribution is 0.0598. The van der Waals surface area contributed by atoms with Crippen LogP contribution >= 0.6 is 0 Å². The number of hydrogen-bond donors (Lipinski definition) is 0. The van der Waals surface area contributed by atoms with Crippen LogP contribution in [0.1, 0.15) is 42.5 Å². The second-order valence-corrected chi connectivity index (χ2v) is 5.92. The van der Waals surface area contributed by atoms with E-state index in [9.17, 15) is 9.18 Å². The number of rotatable bonds is 3. The van der Waals surface area contributed by atoms with Gasteiger partial charge in [-0.25, -0.2) is 9.18 Å². The van der Waals surface area contributed by atoms with E-state index in [2.05, 4.69) is 4.74 Å². The van der Waals surface area contributed by atoms with Crippen LogP contribution in [0.4, 0.5) is 4.39 Å². The summed E-state index contributed by atoms with van der Waals surface area (Å²) in [5.74, 6) is 0.927. The number of ether oxygens (including phenoxy) is 2. The van der Waals surface area contributed by atoms with Gasteiger partial charge in [-0.3, -0.25) is 0 Å². The molecule has 0 amide bonds. The highest BCUT2D eigenvalue weighted by atomic mass is 19.1. The lowest BCUT2D eigenvalue weighted by Gasteiger charge is -2.28. The monoisotopic (exact) mass is 278 g/mol. The summed E-state index contributed by atoms with van der Waals surface area (Å²) in [5, 5.41) is 0. The van der Waals surface area contributed by atoms with Crippen molar-refractivity contribution >= 4 is 5.97 Å². The van der Waals surface area contributed by atoms with Gasteiger partial charge in [-0.2, -0.15) is 0 Å². The Labute approximate surface area is 118 Å². The standard InChI is InChI=1S/C16H19FO3/c1-19-16(18)12-7-13(17)9-15(8-12)20-14-5-10-2-3-11(4-10)6-14/h7-11,14H,2-6H2,1H3/t10-,11+,14?. The molecule has 108 valence electrons. The predicted octanol–water partition coefficient (Wildman–Crippen LogP) is 3.57. The fourth-order valence-electron chi connectivity index (χ4n) is 3.60. The van der Waals surface area contributed by atoms with Gasteiger partial charge in [0, 0.05) is 6.07 Å². The van der Waals surface area contributed by atoms with Gasteiger partial charge in [0.1, 0.15) is 11.6 Å². The first-order valence-electron chi connectivity index (χ1n) is 7.19. The van der Waals surface area contributed by atoms with Crippen molar-refractivity contribution in [1.82, 2.24) is 0 Å². The van der Waals surface area contributed by atoms with Crippen LogP contribution in [0.3, 0.4) is 0 Å². The molecule has 0 aliphatic heterocycles. The van der Waals surface area contributed by atoms with E-state index in [0.29, 0.717) is 5.75 Å². The van der Waals surface area contributed by atoms with E-state index < -0.39 is 11.8 Å².